The zero-order valence-electron chi connectivity index (χ0n) is 8.50. The lowest BCUT2D eigenvalue weighted by molar-refractivity contribution is -0.133. The van der Waals surface area contributed by atoms with Gasteiger partial charge in [0.05, 0.1) is 5.75 Å². The molecule has 1 unspecified atom stereocenters. The number of nitrogens with zero attached hydrogens (tertiary/aromatic N) is 3. The Kier molecular flexibility index (Phi) is 4.00. The molecule has 1 fully saturated rings. The topological polar surface area (TPSA) is 83.4 Å². The molecule has 0 spiro atoms. The lowest BCUT2D eigenvalue weighted by Crippen LogP contribution is -2.24. The fourth-order valence-electron chi connectivity index (χ4n) is 1.34. The van der Waals surface area contributed by atoms with Crippen LogP contribution in [-0.2, 0) is 9.59 Å². The van der Waals surface area contributed by atoms with Crippen molar-refractivity contribution >= 4 is 56.0 Å². The second-order valence-electron chi connectivity index (χ2n) is 3.34. The number of rotatable bonds is 4. The number of thioether (sulfide) groups is 1. The molecule has 1 aliphatic rings. The standard InChI is InChI=1S/C8H8BrN3O3S2/c9-4-1-5(13)12(2-4)7-10-11-8(17-7)16-3-6(14)15/h4H,1-3H2,(H,14,15). The van der Waals surface area contributed by atoms with Crippen molar-refractivity contribution in [2.45, 2.75) is 15.6 Å². The number of alkyl halides is 1. The first-order valence-corrected chi connectivity index (χ1v) is 7.40. The van der Waals surface area contributed by atoms with Crippen molar-refractivity contribution < 1.29 is 14.7 Å². The number of carbonyl (C=O) groups excluding carboxylic acids is 1. The lowest BCUT2D eigenvalue weighted by Gasteiger charge is -2.09. The minimum Gasteiger partial charge on any atom is -0.481 e. The van der Waals surface area contributed by atoms with E-state index < -0.39 is 5.97 Å². The van der Waals surface area contributed by atoms with Gasteiger partial charge in [0.15, 0.2) is 4.34 Å². The first-order chi connectivity index (χ1) is 8.06. The van der Waals surface area contributed by atoms with E-state index in [-0.39, 0.29) is 16.5 Å². The normalized spacial score (nSPS) is 19.9. The number of halogens is 1. The van der Waals surface area contributed by atoms with E-state index in [1.54, 1.807) is 4.90 Å². The van der Waals surface area contributed by atoms with E-state index in [1.165, 1.54) is 11.3 Å². The van der Waals surface area contributed by atoms with Gasteiger partial charge in [-0.05, 0) is 0 Å². The van der Waals surface area contributed by atoms with E-state index in [2.05, 4.69) is 26.1 Å². The number of amides is 1. The number of aromatic nitrogens is 2. The number of aliphatic carboxylic acids is 1. The minimum absolute atomic E-state index is 0.0119. The fraction of sp³-hybridized carbons (Fsp3) is 0.500. The molecule has 0 aromatic carbocycles. The Bertz CT molecular complexity index is 453. The van der Waals surface area contributed by atoms with Crippen LogP contribution in [0.15, 0.2) is 4.34 Å². The third-order valence-corrected chi connectivity index (χ3v) is 4.70. The summed E-state index contributed by atoms with van der Waals surface area (Å²) >= 11 is 5.73. The van der Waals surface area contributed by atoms with Crippen LogP contribution in [0, 0.1) is 0 Å². The number of carboxylic acid groups (broad SMARTS) is 1. The molecule has 92 valence electrons. The van der Waals surface area contributed by atoms with Gasteiger partial charge in [-0.15, -0.1) is 10.2 Å². The van der Waals surface area contributed by atoms with Crippen LogP contribution in [0.3, 0.4) is 0 Å². The van der Waals surface area contributed by atoms with Crippen LogP contribution in [-0.4, -0.2) is 44.3 Å². The Hall–Kier alpha value is -0.670. The highest BCUT2D eigenvalue weighted by Crippen LogP contribution is 2.31. The largest absolute Gasteiger partial charge is 0.481 e. The van der Waals surface area contributed by atoms with Crippen molar-refractivity contribution in [1.29, 1.82) is 0 Å². The van der Waals surface area contributed by atoms with Gasteiger partial charge in [-0.3, -0.25) is 14.5 Å². The van der Waals surface area contributed by atoms with Gasteiger partial charge < -0.3 is 5.11 Å². The van der Waals surface area contributed by atoms with Crippen molar-refractivity contribution in [3.63, 3.8) is 0 Å². The Morgan fingerprint density at radius 1 is 1.65 bits per heavy atom. The third-order valence-electron chi connectivity index (χ3n) is 2.02. The summed E-state index contributed by atoms with van der Waals surface area (Å²) in [7, 11) is 0. The van der Waals surface area contributed by atoms with Gasteiger partial charge in [0.2, 0.25) is 11.0 Å². The summed E-state index contributed by atoms with van der Waals surface area (Å²) in [6.07, 6.45) is 0.456. The SMILES string of the molecule is O=C(O)CSc1nnc(N2CC(Br)CC2=O)s1. The average Bonchev–Trinajstić information content (AvgIpc) is 2.82. The molecule has 1 amide bonds. The third kappa shape index (κ3) is 3.17. The van der Waals surface area contributed by atoms with Gasteiger partial charge >= 0.3 is 5.97 Å². The van der Waals surface area contributed by atoms with Crippen molar-refractivity contribution in [1.82, 2.24) is 10.2 Å². The summed E-state index contributed by atoms with van der Waals surface area (Å²) in [6, 6.07) is 0. The predicted molar refractivity (Wildman–Crippen MR) is 68.0 cm³/mol. The molecule has 0 saturated carbocycles. The molecule has 1 saturated heterocycles. The smallest absolute Gasteiger partial charge is 0.313 e. The molecular weight excluding hydrogens is 330 g/mol. The number of hydrogen-bond acceptors (Lipinski definition) is 6. The van der Waals surface area contributed by atoms with E-state index in [0.29, 0.717) is 22.4 Å². The molecule has 9 heteroatoms. The molecule has 2 heterocycles. The number of carbonyl (C=O) groups is 2. The molecule has 1 aromatic heterocycles. The summed E-state index contributed by atoms with van der Waals surface area (Å²) in [6.45, 7) is 0.580. The second-order valence-corrected chi connectivity index (χ2v) is 6.81. The first-order valence-electron chi connectivity index (χ1n) is 4.69. The van der Waals surface area contributed by atoms with Gasteiger partial charge in [-0.2, -0.15) is 0 Å². The molecule has 1 atom stereocenters. The monoisotopic (exact) mass is 337 g/mol. The average molecular weight is 338 g/mol. The van der Waals surface area contributed by atoms with Crippen LogP contribution >= 0.6 is 39.0 Å². The molecule has 17 heavy (non-hydrogen) atoms. The van der Waals surface area contributed by atoms with E-state index in [9.17, 15) is 9.59 Å². The Morgan fingerprint density at radius 2 is 2.41 bits per heavy atom. The molecule has 1 N–H and O–H groups in total. The quantitative estimate of drug-likeness (QED) is 0.505. The van der Waals surface area contributed by atoms with E-state index >= 15 is 0 Å². The number of anilines is 1. The minimum atomic E-state index is -0.899. The molecule has 0 radical (unpaired) electrons. The molecule has 2 rings (SSSR count). The zero-order chi connectivity index (χ0) is 12.4. The highest BCUT2D eigenvalue weighted by Gasteiger charge is 2.31. The van der Waals surface area contributed by atoms with Crippen LogP contribution < -0.4 is 4.90 Å². The van der Waals surface area contributed by atoms with Crippen LogP contribution in [0.2, 0.25) is 0 Å². The first kappa shape index (κ1) is 12.8. The molecule has 1 aliphatic heterocycles. The Labute approximate surface area is 114 Å². The summed E-state index contributed by atoms with van der Waals surface area (Å²) < 4.78 is 0.563. The second kappa shape index (κ2) is 5.32. The molecular formula is C8H8BrN3O3S2. The van der Waals surface area contributed by atoms with Crippen molar-refractivity contribution in [3.05, 3.63) is 0 Å². The predicted octanol–water partition coefficient (Wildman–Crippen LogP) is 1.21. The molecule has 6 nitrogen and oxygen atoms in total. The molecule has 0 aliphatic carbocycles. The maximum atomic E-state index is 11.6. The van der Waals surface area contributed by atoms with Gasteiger partial charge in [-0.1, -0.05) is 39.0 Å². The van der Waals surface area contributed by atoms with Crippen molar-refractivity contribution in [2.75, 3.05) is 17.2 Å². The lowest BCUT2D eigenvalue weighted by atomic mass is 10.4. The van der Waals surface area contributed by atoms with Crippen LogP contribution in [0.1, 0.15) is 6.42 Å². The Balaban J connectivity index is 2.03. The summed E-state index contributed by atoms with van der Waals surface area (Å²) in [4.78, 5) is 23.7. The van der Waals surface area contributed by atoms with Crippen molar-refractivity contribution in [3.8, 4) is 0 Å². The van der Waals surface area contributed by atoms with Crippen LogP contribution in [0.25, 0.3) is 0 Å². The fourth-order valence-corrected chi connectivity index (χ4v) is 3.50. The summed E-state index contributed by atoms with van der Waals surface area (Å²) in [5.74, 6) is -0.939. The van der Waals surface area contributed by atoms with E-state index in [1.807, 2.05) is 0 Å². The summed E-state index contributed by atoms with van der Waals surface area (Å²) in [5.41, 5.74) is 0. The molecule has 1 aromatic rings. The Morgan fingerprint density at radius 3 is 3.00 bits per heavy atom. The van der Waals surface area contributed by atoms with Gasteiger partial charge in [0, 0.05) is 17.8 Å². The van der Waals surface area contributed by atoms with Crippen molar-refractivity contribution in [2.24, 2.45) is 0 Å². The van der Waals surface area contributed by atoms with E-state index in [4.69, 9.17) is 5.11 Å². The van der Waals surface area contributed by atoms with E-state index in [0.717, 1.165) is 11.8 Å². The number of carboxylic acids is 1. The highest BCUT2D eigenvalue weighted by molar-refractivity contribution is 9.09. The van der Waals surface area contributed by atoms with Gasteiger partial charge in [0.25, 0.3) is 0 Å². The molecule has 0 bridgehead atoms. The maximum absolute atomic E-state index is 11.6. The summed E-state index contributed by atoms with van der Waals surface area (Å²) in [5, 5.41) is 16.8. The maximum Gasteiger partial charge on any atom is 0.313 e. The van der Waals surface area contributed by atoms with Gasteiger partial charge in [-0.25, -0.2) is 0 Å². The zero-order valence-corrected chi connectivity index (χ0v) is 11.7. The number of hydrogen-bond donors (Lipinski definition) is 1. The van der Waals surface area contributed by atoms with Crippen LogP contribution in [0.5, 0.6) is 0 Å². The highest BCUT2D eigenvalue weighted by atomic mass is 79.9. The van der Waals surface area contributed by atoms with Crippen LogP contribution in [0.4, 0.5) is 5.13 Å². The van der Waals surface area contributed by atoms with Gasteiger partial charge in [0.1, 0.15) is 0 Å².